The molecule has 0 saturated heterocycles. The van der Waals surface area contributed by atoms with Crippen molar-refractivity contribution in [3.63, 3.8) is 0 Å². The lowest BCUT2D eigenvalue weighted by Crippen LogP contribution is -2.52. The predicted octanol–water partition coefficient (Wildman–Crippen LogP) is 3.36. The van der Waals surface area contributed by atoms with Crippen molar-refractivity contribution in [3.8, 4) is 0 Å². The maximum Gasteiger partial charge on any atom is 0.305 e. The summed E-state index contributed by atoms with van der Waals surface area (Å²) in [4.78, 5) is 12.0. The lowest BCUT2D eigenvalue weighted by Gasteiger charge is -2.55. The molecule has 3 saturated carbocycles. The van der Waals surface area contributed by atoms with E-state index in [4.69, 9.17) is 4.74 Å². The Kier molecular flexibility index (Phi) is 4.85. The van der Waals surface area contributed by atoms with Crippen LogP contribution in [0, 0.1) is 29.1 Å². The predicted molar refractivity (Wildman–Crippen MR) is 103 cm³/mol. The fraction of sp³-hybridized carbons (Fsp3) is 0.762. The van der Waals surface area contributed by atoms with Crippen molar-refractivity contribution in [1.82, 2.24) is 0 Å². The number of ether oxygens (including phenoxy) is 1. The molecule has 4 unspecified atom stereocenters. The topological polar surface area (TPSA) is 66.8 Å². The lowest BCUT2D eigenvalue weighted by atomic mass is 9.50. The average Bonchev–Trinajstić information content (AvgIpc) is 2.92. The van der Waals surface area contributed by atoms with Gasteiger partial charge in [0.15, 0.2) is 0 Å². The molecule has 4 nitrogen and oxygen atoms in total. The number of allylic oxidation sites excluding steroid dienone is 1. The second kappa shape index (κ2) is 6.75. The Morgan fingerprint density at radius 3 is 2.85 bits per heavy atom. The van der Waals surface area contributed by atoms with Crippen LogP contribution in [0.15, 0.2) is 23.8 Å². The van der Waals surface area contributed by atoms with Crippen LogP contribution in [0.4, 0.5) is 0 Å². The molecular formula is C21H29BrO4. The van der Waals surface area contributed by atoms with E-state index in [2.05, 4.69) is 28.9 Å². The highest BCUT2D eigenvalue weighted by molar-refractivity contribution is 9.09. The molecule has 0 aromatic carbocycles. The smallest absolute Gasteiger partial charge is 0.305 e. The quantitative estimate of drug-likeness (QED) is 0.405. The Bertz CT molecular complexity index is 644. The van der Waals surface area contributed by atoms with Crippen molar-refractivity contribution in [3.05, 3.63) is 23.8 Å². The Hall–Kier alpha value is -0.650. The molecule has 0 aromatic rings. The number of carbonyl (C=O) groups is 1. The largest absolute Gasteiger partial charge is 0.461 e. The van der Waals surface area contributed by atoms with Gasteiger partial charge in [0.05, 0.1) is 17.0 Å². The van der Waals surface area contributed by atoms with Gasteiger partial charge in [-0.3, -0.25) is 4.79 Å². The molecular weight excluding hydrogens is 396 g/mol. The molecule has 0 heterocycles. The molecule has 5 heteroatoms. The molecule has 4 aliphatic rings. The Labute approximate surface area is 163 Å². The van der Waals surface area contributed by atoms with E-state index in [1.807, 2.05) is 19.1 Å². The van der Waals surface area contributed by atoms with Crippen LogP contribution in [-0.2, 0) is 9.53 Å². The highest BCUT2D eigenvalue weighted by Gasteiger charge is 2.59. The first kappa shape index (κ1) is 18.7. The van der Waals surface area contributed by atoms with E-state index in [9.17, 15) is 15.0 Å². The van der Waals surface area contributed by atoms with Crippen molar-refractivity contribution >= 4 is 21.9 Å². The minimum Gasteiger partial charge on any atom is -0.461 e. The number of hydrogen-bond acceptors (Lipinski definition) is 4. The number of esters is 1. The SMILES string of the molecule is CCC(=O)O[C@H]1[C@H](Br)CC2C3C(O)CC4=C[C@@H](O)C=C[C@]4(C)C3CC[C@@H]21. The summed E-state index contributed by atoms with van der Waals surface area (Å²) in [5, 5.41) is 21.0. The van der Waals surface area contributed by atoms with Gasteiger partial charge in [-0.15, -0.1) is 0 Å². The number of halogens is 1. The number of aliphatic hydroxyl groups is 2. The first-order chi connectivity index (χ1) is 12.3. The standard InChI is InChI=1S/C21H29BrO4/c1-3-18(25)26-20-13-4-5-15-19(14(13)10-16(20)22)17(24)9-11-8-12(23)6-7-21(11,15)2/h6-8,12-17,19-20,23-24H,3-5,9-10H2,1-2H3/t12-,13-,14?,15?,16+,17?,19?,20+,21-/m0/s1. The van der Waals surface area contributed by atoms with E-state index in [0.717, 1.165) is 19.3 Å². The Morgan fingerprint density at radius 2 is 2.12 bits per heavy atom. The van der Waals surface area contributed by atoms with Gasteiger partial charge in [0, 0.05) is 17.8 Å². The summed E-state index contributed by atoms with van der Waals surface area (Å²) in [5.74, 6) is 1.18. The molecule has 0 radical (unpaired) electrons. The van der Waals surface area contributed by atoms with Gasteiger partial charge in [0.1, 0.15) is 6.10 Å². The first-order valence-electron chi connectivity index (χ1n) is 9.95. The van der Waals surface area contributed by atoms with E-state index >= 15 is 0 Å². The number of alkyl halides is 1. The molecule has 0 amide bonds. The van der Waals surface area contributed by atoms with Crippen molar-refractivity contribution < 1.29 is 19.7 Å². The minimum absolute atomic E-state index is 0.0749. The third kappa shape index (κ3) is 2.82. The fourth-order valence-electron chi connectivity index (χ4n) is 6.27. The van der Waals surface area contributed by atoms with E-state index in [1.54, 1.807) is 0 Å². The summed E-state index contributed by atoms with van der Waals surface area (Å²) in [6, 6.07) is 0. The third-order valence-electron chi connectivity index (χ3n) is 7.50. The summed E-state index contributed by atoms with van der Waals surface area (Å²) in [5.41, 5.74) is 1.11. The van der Waals surface area contributed by atoms with Crippen LogP contribution in [-0.4, -0.2) is 39.3 Å². The number of fused-ring (bicyclic) bond motifs is 5. The first-order valence-corrected chi connectivity index (χ1v) is 10.9. The lowest BCUT2D eigenvalue weighted by molar-refractivity contribution is -0.152. The van der Waals surface area contributed by atoms with Gasteiger partial charge in [-0.1, -0.05) is 53.6 Å². The highest BCUT2D eigenvalue weighted by atomic mass is 79.9. The Morgan fingerprint density at radius 1 is 1.35 bits per heavy atom. The zero-order valence-electron chi connectivity index (χ0n) is 15.5. The van der Waals surface area contributed by atoms with Gasteiger partial charge in [-0.05, 0) is 43.4 Å². The second-order valence-electron chi connectivity index (χ2n) is 8.74. The summed E-state index contributed by atoms with van der Waals surface area (Å²) >= 11 is 3.76. The Balaban J connectivity index is 1.62. The summed E-state index contributed by atoms with van der Waals surface area (Å²) < 4.78 is 5.78. The van der Waals surface area contributed by atoms with Crippen LogP contribution in [0.1, 0.15) is 46.0 Å². The number of hydrogen-bond donors (Lipinski definition) is 2. The molecule has 2 N–H and O–H groups in total. The molecule has 0 spiro atoms. The van der Waals surface area contributed by atoms with Gasteiger partial charge < -0.3 is 14.9 Å². The normalized spacial score (nSPS) is 49.7. The summed E-state index contributed by atoms with van der Waals surface area (Å²) in [7, 11) is 0. The molecule has 144 valence electrons. The van der Waals surface area contributed by atoms with Gasteiger partial charge in [0.2, 0.25) is 0 Å². The summed E-state index contributed by atoms with van der Waals surface area (Å²) in [6.07, 6.45) is 9.04. The van der Waals surface area contributed by atoms with E-state index in [-0.39, 0.29) is 34.3 Å². The van der Waals surface area contributed by atoms with E-state index in [1.165, 1.54) is 5.57 Å². The molecule has 26 heavy (non-hydrogen) atoms. The zero-order valence-corrected chi connectivity index (χ0v) is 17.1. The molecule has 4 rings (SSSR count). The third-order valence-corrected chi connectivity index (χ3v) is 8.39. The molecule has 9 atom stereocenters. The number of carbonyl (C=O) groups excluding carboxylic acids is 1. The van der Waals surface area contributed by atoms with Crippen LogP contribution < -0.4 is 0 Å². The van der Waals surface area contributed by atoms with Crippen LogP contribution in [0.5, 0.6) is 0 Å². The van der Waals surface area contributed by atoms with Crippen LogP contribution in [0.25, 0.3) is 0 Å². The van der Waals surface area contributed by atoms with Gasteiger partial charge in [-0.25, -0.2) is 0 Å². The van der Waals surface area contributed by atoms with Crippen LogP contribution in [0.3, 0.4) is 0 Å². The van der Waals surface area contributed by atoms with Gasteiger partial charge in [0.25, 0.3) is 0 Å². The summed E-state index contributed by atoms with van der Waals surface area (Å²) in [6.45, 7) is 4.10. The van der Waals surface area contributed by atoms with Crippen molar-refractivity contribution in [2.45, 2.75) is 69.1 Å². The molecule has 3 fully saturated rings. The zero-order chi connectivity index (χ0) is 18.6. The molecule has 0 aliphatic heterocycles. The second-order valence-corrected chi connectivity index (χ2v) is 9.92. The maximum atomic E-state index is 11.9. The average molecular weight is 425 g/mol. The van der Waals surface area contributed by atoms with Crippen molar-refractivity contribution in [2.75, 3.05) is 0 Å². The van der Waals surface area contributed by atoms with Crippen LogP contribution >= 0.6 is 15.9 Å². The van der Waals surface area contributed by atoms with E-state index in [0.29, 0.717) is 30.6 Å². The molecule has 0 bridgehead atoms. The number of rotatable bonds is 2. The van der Waals surface area contributed by atoms with Crippen LogP contribution in [0.2, 0.25) is 0 Å². The fourth-order valence-corrected chi connectivity index (χ4v) is 7.20. The minimum atomic E-state index is -0.533. The van der Waals surface area contributed by atoms with Crippen molar-refractivity contribution in [2.24, 2.45) is 29.1 Å². The monoisotopic (exact) mass is 424 g/mol. The van der Waals surface area contributed by atoms with Gasteiger partial charge in [-0.2, -0.15) is 0 Å². The van der Waals surface area contributed by atoms with E-state index < -0.39 is 6.10 Å². The number of aliphatic hydroxyl groups excluding tert-OH is 2. The highest BCUT2D eigenvalue weighted by Crippen LogP contribution is 2.61. The molecule has 4 aliphatic carbocycles. The van der Waals surface area contributed by atoms with Gasteiger partial charge >= 0.3 is 5.97 Å². The van der Waals surface area contributed by atoms with Crippen molar-refractivity contribution in [1.29, 1.82) is 0 Å². The molecule has 0 aromatic heterocycles. The maximum absolute atomic E-state index is 11.9.